The second-order valence-corrected chi connectivity index (χ2v) is 11.1. The Morgan fingerprint density at radius 2 is 2.14 bits per heavy atom. The Bertz CT molecular complexity index is 1260. The number of carbonyl (C=O) groups is 1. The second-order valence-electron chi connectivity index (χ2n) is 8.95. The van der Waals surface area contributed by atoms with E-state index in [1.54, 1.807) is 6.07 Å². The molecule has 4 N–H and O–H groups in total. The number of allylic oxidation sites excluding steroid dienone is 1. The van der Waals surface area contributed by atoms with Gasteiger partial charge in [0.1, 0.15) is 0 Å². The van der Waals surface area contributed by atoms with Crippen LogP contribution in [0.3, 0.4) is 0 Å². The van der Waals surface area contributed by atoms with Crippen LogP contribution in [0.5, 0.6) is 5.75 Å². The van der Waals surface area contributed by atoms with Crippen LogP contribution in [0, 0.1) is 0 Å². The third kappa shape index (κ3) is 5.01. The molecule has 0 saturated carbocycles. The number of aromatic nitrogens is 1. The monoisotopic (exact) mass is 648 g/mol. The fourth-order valence-electron chi connectivity index (χ4n) is 4.83. The van der Waals surface area contributed by atoms with E-state index in [1.165, 1.54) is 0 Å². The van der Waals surface area contributed by atoms with Crippen LogP contribution >= 0.6 is 0 Å². The number of hydrogen-bond donors (Lipinski definition) is 3. The first-order chi connectivity index (χ1) is 16.7. The third-order valence-corrected chi connectivity index (χ3v) is 7.27. The van der Waals surface area contributed by atoms with Gasteiger partial charge in [0.2, 0.25) is 0 Å². The number of hydrogen-bond acceptors (Lipinski definition) is 6. The van der Waals surface area contributed by atoms with Gasteiger partial charge in [0.15, 0.2) is 0 Å². The zero-order valence-corrected chi connectivity index (χ0v) is 22.8. The number of fused-ring (bicyclic) bond motifs is 2. The number of aromatic carboxylic acids is 1. The molecule has 2 aliphatic rings. The Morgan fingerprint density at radius 1 is 1.37 bits per heavy atom. The summed E-state index contributed by atoms with van der Waals surface area (Å²) in [6, 6.07) is 5.73. The van der Waals surface area contributed by atoms with Crippen LogP contribution in [-0.4, -0.2) is 44.8 Å². The van der Waals surface area contributed by atoms with Crippen molar-refractivity contribution < 1.29 is 43.7 Å². The molecule has 0 radical (unpaired) electrons. The number of benzene rings is 1. The molecule has 2 aromatic rings. The van der Waals surface area contributed by atoms with E-state index in [-0.39, 0.29) is 23.1 Å². The van der Waals surface area contributed by atoms with Crippen LogP contribution in [0.1, 0.15) is 78.1 Å². The van der Waals surface area contributed by atoms with E-state index in [4.69, 9.17) is 15.1 Å². The SMILES string of the molecule is C[C](=[W])c1c(C=CCCCCOc2ccc3c(c2)B(O)O[C@@H]3CN)n2c(c(C(=O)O)c1=O)CC2C. The zero-order valence-electron chi connectivity index (χ0n) is 19.8. The molecule has 2 atom stereocenters. The molecule has 8 nitrogen and oxygen atoms in total. The number of nitrogens with zero attached hydrogens (tertiary/aromatic N) is 1. The number of rotatable bonds is 10. The van der Waals surface area contributed by atoms with E-state index >= 15 is 0 Å². The fraction of sp³-hybridized carbons (Fsp3) is 0.400. The van der Waals surface area contributed by atoms with Crippen LogP contribution in [0.15, 0.2) is 29.1 Å². The topological polar surface area (TPSA) is 124 Å². The van der Waals surface area contributed by atoms with Gasteiger partial charge in [0, 0.05) is 6.54 Å². The van der Waals surface area contributed by atoms with E-state index < -0.39 is 13.1 Å². The quantitative estimate of drug-likeness (QED) is 0.265. The van der Waals surface area contributed by atoms with E-state index in [1.807, 2.05) is 42.7 Å². The molecule has 1 unspecified atom stereocenters. The van der Waals surface area contributed by atoms with Gasteiger partial charge in [-0.25, -0.2) is 0 Å². The summed E-state index contributed by atoms with van der Waals surface area (Å²) in [5, 5.41) is 19.6. The molecular weight excluding hydrogens is 619 g/mol. The van der Waals surface area contributed by atoms with Gasteiger partial charge in [-0.1, -0.05) is 6.07 Å². The van der Waals surface area contributed by atoms with E-state index in [0.29, 0.717) is 42.0 Å². The molecule has 0 fully saturated rings. The Balaban J connectivity index is 1.36. The number of ether oxygens (including phenoxy) is 1. The van der Waals surface area contributed by atoms with E-state index in [9.17, 15) is 19.7 Å². The summed E-state index contributed by atoms with van der Waals surface area (Å²) in [4.78, 5) is 24.7. The number of carboxylic acid groups (broad SMARTS) is 1. The van der Waals surface area contributed by atoms with Crippen molar-refractivity contribution in [2.45, 2.75) is 51.7 Å². The predicted octanol–water partition coefficient (Wildman–Crippen LogP) is 1.73. The first-order valence-corrected chi connectivity index (χ1v) is 13.2. The van der Waals surface area contributed by atoms with Crippen LogP contribution in [0.4, 0.5) is 0 Å². The maximum absolute atomic E-state index is 12.9. The summed E-state index contributed by atoms with van der Waals surface area (Å²) in [6.07, 6.45) is 6.88. The zero-order chi connectivity index (χ0) is 25.3. The van der Waals surface area contributed by atoms with Gasteiger partial charge in [0.05, 0.1) is 6.10 Å². The summed E-state index contributed by atoms with van der Waals surface area (Å²) in [5.74, 6) is -0.463. The van der Waals surface area contributed by atoms with Crippen molar-refractivity contribution in [2.24, 2.45) is 5.73 Å². The Morgan fingerprint density at radius 3 is 2.80 bits per heavy atom. The second kappa shape index (κ2) is 10.7. The molecule has 1 aromatic carbocycles. The minimum atomic E-state index is -1.15. The molecule has 0 amide bonds. The predicted molar refractivity (Wildman–Crippen MR) is 131 cm³/mol. The summed E-state index contributed by atoms with van der Waals surface area (Å²) in [6.45, 7) is 4.78. The molecule has 3 heterocycles. The number of unbranched alkanes of at least 4 members (excludes halogenated alkanes) is 2. The molecular formula is C25H29BN2O6W. The van der Waals surface area contributed by atoms with Crippen molar-refractivity contribution in [1.29, 1.82) is 0 Å². The molecule has 0 bridgehead atoms. The van der Waals surface area contributed by atoms with E-state index in [2.05, 4.69) is 0 Å². The summed E-state index contributed by atoms with van der Waals surface area (Å²) < 4.78 is 14.2. The Hall–Kier alpha value is -2.32. The molecule has 1 aromatic heterocycles. The van der Waals surface area contributed by atoms with Crippen LogP contribution in [0.25, 0.3) is 6.08 Å². The van der Waals surface area contributed by atoms with Crippen molar-refractivity contribution in [3.8, 4) is 5.75 Å². The molecule has 0 saturated heterocycles. The molecule has 0 aliphatic carbocycles. The summed E-state index contributed by atoms with van der Waals surface area (Å²) >= 11 is 1.15. The maximum atomic E-state index is 12.9. The number of carboxylic acids is 1. The standard InChI is InChI=1S/C25H29BN2O6.W/c1-3-17-20(28-15(2)12-21(28)23(24(17)29)25(30)31)8-6-4-5-7-11-33-16-9-10-18-19(13-16)26(32)34-22(18)14-27;/h6,8-10,13,15,22,32H,4-5,7,11-12,14,27H2,1-2H3,(H,30,31);/t15?,22-;/m1./s1. The average Bonchev–Trinajstić information content (AvgIpc) is 3.12. The first kappa shape index (κ1) is 25.8. The van der Waals surface area contributed by atoms with E-state index in [0.717, 1.165) is 53.8 Å². The summed E-state index contributed by atoms with van der Waals surface area (Å²) in [5.41, 5.74) is 8.78. The molecule has 4 rings (SSSR count). The molecule has 0 spiro atoms. The number of nitrogens with two attached hydrogens (primary N) is 1. The van der Waals surface area contributed by atoms with Crippen molar-refractivity contribution >= 4 is 28.5 Å². The first-order valence-electron chi connectivity index (χ1n) is 11.8. The molecule has 2 aliphatic heterocycles. The third-order valence-electron chi connectivity index (χ3n) is 6.53. The minimum absolute atomic E-state index is 0.0859. The van der Waals surface area contributed by atoms with Gasteiger partial charge < -0.3 is 15.4 Å². The van der Waals surface area contributed by atoms with Gasteiger partial charge in [-0.05, 0) is 11.0 Å². The number of pyridine rings is 1. The molecule has 184 valence electrons. The normalized spacial score (nSPS) is 18.3. The van der Waals surface area contributed by atoms with Crippen molar-refractivity contribution in [1.82, 2.24) is 4.57 Å². The van der Waals surface area contributed by atoms with Crippen LogP contribution in [0.2, 0.25) is 0 Å². The van der Waals surface area contributed by atoms with Crippen LogP contribution in [-0.2, 0) is 30.4 Å². The van der Waals surface area contributed by atoms with Gasteiger partial charge >= 0.3 is 170 Å². The van der Waals surface area contributed by atoms with Gasteiger partial charge in [-0.15, -0.1) is 0 Å². The average molecular weight is 648 g/mol. The van der Waals surface area contributed by atoms with Crippen molar-refractivity contribution in [3.63, 3.8) is 0 Å². The van der Waals surface area contributed by atoms with Crippen LogP contribution < -0.4 is 21.4 Å². The van der Waals surface area contributed by atoms with Crippen molar-refractivity contribution in [2.75, 3.05) is 13.2 Å². The Kier molecular flexibility index (Phi) is 7.91. The molecule has 35 heavy (non-hydrogen) atoms. The fourth-order valence-corrected chi connectivity index (χ4v) is 5.54. The Labute approximate surface area is 215 Å². The summed E-state index contributed by atoms with van der Waals surface area (Å²) in [7, 11) is -0.972. The van der Waals surface area contributed by atoms with Gasteiger partial charge in [0.25, 0.3) is 0 Å². The van der Waals surface area contributed by atoms with Gasteiger partial charge in [-0.2, -0.15) is 0 Å². The van der Waals surface area contributed by atoms with Gasteiger partial charge in [-0.3, -0.25) is 0 Å². The molecule has 10 heteroatoms. The van der Waals surface area contributed by atoms with Crippen molar-refractivity contribution in [3.05, 3.63) is 62.6 Å².